The van der Waals surface area contributed by atoms with Crippen molar-refractivity contribution in [1.29, 1.82) is 0 Å². The first kappa shape index (κ1) is 22.1. The number of aliphatic hydroxyl groups is 2. The fourth-order valence-corrected chi connectivity index (χ4v) is 2.69. The van der Waals surface area contributed by atoms with Gasteiger partial charge in [-0.05, 0) is 54.1 Å². The highest BCUT2D eigenvalue weighted by atomic mass is 19.4. The Kier molecular flexibility index (Phi) is 6.42. The summed E-state index contributed by atoms with van der Waals surface area (Å²) in [4.78, 5) is 15.7. The van der Waals surface area contributed by atoms with Crippen LogP contribution in [0.15, 0.2) is 60.7 Å². The van der Waals surface area contributed by atoms with E-state index in [-0.39, 0.29) is 17.0 Å². The van der Waals surface area contributed by atoms with Gasteiger partial charge >= 0.3 is 6.36 Å². The summed E-state index contributed by atoms with van der Waals surface area (Å²) in [7, 11) is 0. The molecule has 10 heteroatoms. The highest BCUT2D eigenvalue weighted by molar-refractivity contribution is 5.91. The maximum atomic E-state index is 12.4. The van der Waals surface area contributed by atoms with E-state index in [4.69, 9.17) is 15.6 Å². The van der Waals surface area contributed by atoms with Gasteiger partial charge in [0.05, 0.1) is 12.3 Å². The number of ether oxygens (including phenoxy) is 2. The summed E-state index contributed by atoms with van der Waals surface area (Å²) in [5.41, 5.74) is 6.35. The number of amides is 1. The number of nitrogens with zero attached hydrogens (tertiary/aromatic N) is 1. The predicted molar refractivity (Wildman–Crippen MR) is 103 cm³/mol. The molecule has 0 saturated carbocycles. The summed E-state index contributed by atoms with van der Waals surface area (Å²) in [6.07, 6.45) is -6.02. The van der Waals surface area contributed by atoms with Gasteiger partial charge in [-0.2, -0.15) is 0 Å². The zero-order valence-electron chi connectivity index (χ0n) is 15.8. The second-order valence-electron chi connectivity index (χ2n) is 6.38. The Morgan fingerprint density at radius 1 is 1.03 bits per heavy atom. The van der Waals surface area contributed by atoms with Crippen molar-refractivity contribution in [3.8, 4) is 28.5 Å². The van der Waals surface area contributed by atoms with Crippen LogP contribution < -0.4 is 15.2 Å². The Hall–Kier alpha value is -3.63. The molecule has 3 aromatic rings. The van der Waals surface area contributed by atoms with Gasteiger partial charge in [-0.1, -0.05) is 6.07 Å². The minimum atomic E-state index is -4.81. The van der Waals surface area contributed by atoms with Crippen molar-refractivity contribution < 1.29 is 37.7 Å². The van der Waals surface area contributed by atoms with Crippen LogP contribution in [0.5, 0.6) is 17.2 Å². The van der Waals surface area contributed by atoms with E-state index in [1.807, 2.05) is 0 Å². The SMILES string of the molecule is NC(=O)c1cc([C@@H](O)CO)cc(-c2ccc(Oc3cccc(OC(F)(F)F)c3)cc2)n1. The van der Waals surface area contributed by atoms with E-state index in [2.05, 4.69) is 9.72 Å². The van der Waals surface area contributed by atoms with Gasteiger partial charge in [-0.25, -0.2) is 4.98 Å². The van der Waals surface area contributed by atoms with Crippen LogP contribution in [0.25, 0.3) is 11.3 Å². The molecule has 1 amide bonds. The van der Waals surface area contributed by atoms with Gasteiger partial charge in [0.1, 0.15) is 29.0 Å². The number of aromatic nitrogens is 1. The van der Waals surface area contributed by atoms with Crippen molar-refractivity contribution in [3.05, 3.63) is 71.9 Å². The molecule has 0 radical (unpaired) electrons. The number of carbonyl (C=O) groups excluding carboxylic acids is 1. The molecule has 0 aliphatic carbocycles. The summed E-state index contributed by atoms with van der Waals surface area (Å²) >= 11 is 0. The first-order chi connectivity index (χ1) is 14.6. The number of benzene rings is 2. The molecule has 1 heterocycles. The van der Waals surface area contributed by atoms with Gasteiger partial charge in [-0.15, -0.1) is 13.2 Å². The second kappa shape index (κ2) is 9.02. The van der Waals surface area contributed by atoms with Gasteiger partial charge in [-0.3, -0.25) is 4.79 Å². The molecular weight excluding hydrogens is 417 g/mol. The maximum absolute atomic E-state index is 12.4. The number of pyridine rings is 1. The number of alkyl halides is 3. The molecule has 0 bridgehead atoms. The van der Waals surface area contributed by atoms with Crippen molar-refractivity contribution in [3.63, 3.8) is 0 Å². The molecule has 31 heavy (non-hydrogen) atoms. The van der Waals surface area contributed by atoms with E-state index in [1.165, 1.54) is 24.3 Å². The molecule has 0 unspecified atom stereocenters. The first-order valence-electron chi connectivity index (χ1n) is 8.89. The largest absolute Gasteiger partial charge is 0.573 e. The molecule has 0 aliphatic heterocycles. The van der Waals surface area contributed by atoms with Crippen LogP contribution in [0, 0.1) is 0 Å². The third-order valence-corrected chi connectivity index (χ3v) is 4.08. The van der Waals surface area contributed by atoms with Crippen LogP contribution in [0.2, 0.25) is 0 Å². The van der Waals surface area contributed by atoms with E-state index >= 15 is 0 Å². The highest BCUT2D eigenvalue weighted by Gasteiger charge is 2.31. The summed E-state index contributed by atoms with van der Waals surface area (Å²) in [5.74, 6) is -0.746. The number of rotatable bonds is 7. The van der Waals surface area contributed by atoms with Crippen molar-refractivity contribution in [2.24, 2.45) is 5.73 Å². The predicted octanol–water partition coefficient (Wildman–Crippen LogP) is 3.56. The van der Waals surface area contributed by atoms with E-state index in [0.717, 1.165) is 12.1 Å². The van der Waals surface area contributed by atoms with Crippen LogP contribution in [0.3, 0.4) is 0 Å². The first-order valence-corrected chi connectivity index (χ1v) is 8.89. The molecule has 1 atom stereocenters. The standard InChI is InChI=1S/C21H17F3N2O5/c22-21(23,24)31-16-3-1-2-15(10-16)30-14-6-4-12(5-7-14)17-8-13(19(28)11-27)9-18(26-17)20(25)29/h1-10,19,27-28H,11H2,(H2,25,29)/t19-/m0/s1. The average Bonchev–Trinajstić information content (AvgIpc) is 2.72. The third kappa shape index (κ3) is 5.93. The fraction of sp³-hybridized carbons (Fsp3) is 0.143. The Bertz CT molecular complexity index is 1070. The molecular formula is C21H17F3N2O5. The minimum Gasteiger partial charge on any atom is -0.457 e. The monoisotopic (exact) mass is 434 g/mol. The lowest BCUT2D eigenvalue weighted by Crippen LogP contribution is -2.17. The Morgan fingerprint density at radius 2 is 1.71 bits per heavy atom. The number of aliphatic hydroxyl groups excluding tert-OH is 2. The second-order valence-corrected chi connectivity index (χ2v) is 6.38. The normalized spacial score (nSPS) is 12.3. The van der Waals surface area contributed by atoms with E-state index in [1.54, 1.807) is 24.3 Å². The summed E-state index contributed by atoms with van der Waals surface area (Å²) < 4.78 is 46.5. The zero-order chi connectivity index (χ0) is 22.6. The van der Waals surface area contributed by atoms with Crippen LogP contribution in [-0.4, -0.2) is 34.1 Å². The van der Waals surface area contributed by atoms with E-state index < -0.39 is 30.7 Å². The fourth-order valence-electron chi connectivity index (χ4n) is 2.69. The topological polar surface area (TPSA) is 115 Å². The van der Waals surface area contributed by atoms with Gasteiger partial charge < -0.3 is 25.4 Å². The molecule has 1 aromatic heterocycles. The van der Waals surface area contributed by atoms with Gasteiger partial charge in [0.2, 0.25) is 0 Å². The molecule has 162 valence electrons. The number of hydrogen-bond donors (Lipinski definition) is 3. The van der Waals surface area contributed by atoms with Crippen LogP contribution in [-0.2, 0) is 0 Å². The molecule has 0 spiro atoms. The molecule has 0 saturated heterocycles. The summed E-state index contributed by atoms with van der Waals surface area (Å²) in [6.45, 7) is -0.550. The highest BCUT2D eigenvalue weighted by Crippen LogP contribution is 2.30. The van der Waals surface area contributed by atoms with Gasteiger partial charge in [0.25, 0.3) is 5.91 Å². The van der Waals surface area contributed by atoms with Crippen molar-refractivity contribution in [1.82, 2.24) is 4.98 Å². The minimum absolute atomic E-state index is 0.0817. The molecule has 0 aliphatic rings. The van der Waals surface area contributed by atoms with E-state index in [9.17, 15) is 23.1 Å². The molecule has 7 nitrogen and oxygen atoms in total. The van der Waals surface area contributed by atoms with Crippen LogP contribution in [0.1, 0.15) is 22.2 Å². The lowest BCUT2D eigenvalue weighted by Gasteiger charge is -2.12. The smallest absolute Gasteiger partial charge is 0.457 e. The summed E-state index contributed by atoms with van der Waals surface area (Å²) in [6, 6.07) is 14.2. The van der Waals surface area contributed by atoms with Crippen molar-refractivity contribution >= 4 is 5.91 Å². The Morgan fingerprint density at radius 3 is 2.32 bits per heavy atom. The number of nitrogens with two attached hydrogens (primary N) is 1. The van der Waals surface area contributed by atoms with E-state index in [0.29, 0.717) is 17.0 Å². The van der Waals surface area contributed by atoms with Gasteiger partial charge in [0.15, 0.2) is 0 Å². The summed E-state index contributed by atoms with van der Waals surface area (Å²) in [5, 5.41) is 19.0. The third-order valence-electron chi connectivity index (χ3n) is 4.08. The average molecular weight is 434 g/mol. The molecule has 3 rings (SSSR count). The Labute approximate surface area is 174 Å². The lowest BCUT2D eigenvalue weighted by atomic mass is 10.0. The molecule has 4 N–H and O–H groups in total. The number of primary amides is 1. The van der Waals surface area contributed by atoms with Crippen molar-refractivity contribution in [2.45, 2.75) is 12.5 Å². The lowest BCUT2D eigenvalue weighted by molar-refractivity contribution is -0.274. The van der Waals surface area contributed by atoms with Gasteiger partial charge in [0, 0.05) is 11.6 Å². The number of halogens is 3. The van der Waals surface area contributed by atoms with Crippen LogP contribution >= 0.6 is 0 Å². The van der Waals surface area contributed by atoms with Crippen LogP contribution in [0.4, 0.5) is 13.2 Å². The zero-order valence-corrected chi connectivity index (χ0v) is 15.8. The number of carbonyl (C=O) groups is 1. The molecule has 2 aromatic carbocycles. The van der Waals surface area contributed by atoms with Crippen molar-refractivity contribution in [2.75, 3.05) is 6.61 Å². The molecule has 0 fully saturated rings. The maximum Gasteiger partial charge on any atom is 0.573 e. The number of hydrogen-bond acceptors (Lipinski definition) is 6. The quantitative estimate of drug-likeness (QED) is 0.524. The Balaban J connectivity index is 1.83.